The summed E-state index contributed by atoms with van der Waals surface area (Å²) >= 11 is 0. The summed E-state index contributed by atoms with van der Waals surface area (Å²) in [5.41, 5.74) is 1.55. The van der Waals surface area contributed by atoms with Gasteiger partial charge in [-0.05, 0) is 23.1 Å². The summed E-state index contributed by atoms with van der Waals surface area (Å²) in [4.78, 5) is 0. The van der Waals surface area contributed by atoms with Crippen molar-refractivity contribution in [2.75, 3.05) is 0 Å². The van der Waals surface area contributed by atoms with Crippen molar-refractivity contribution in [3.05, 3.63) is 77.9 Å². The molecule has 0 N–H and O–H groups in total. The van der Waals surface area contributed by atoms with Gasteiger partial charge in [-0.15, -0.1) is 0 Å². The summed E-state index contributed by atoms with van der Waals surface area (Å²) < 4.78 is 38.4. The van der Waals surface area contributed by atoms with Gasteiger partial charge in [-0.25, -0.2) is 0 Å². The molecule has 1 nitrogen and oxygen atoms in total. The highest BCUT2D eigenvalue weighted by atomic mass is 19.4. The lowest BCUT2D eigenvalue weighted by Crippen LogP contribution is -2.08. The van der Waals surface area contributed by atoms with E-state index < -0.39 is 18.5 Å². The topological polar surface area (TPSA) is 23.8 Å². The molecule has 118 valence electrons. The molecule has 2 rings (SSSR count). The van der Waals surface area contributed by atoms with Gasteiger partial charge in [0.05, 0.1) is 18.4 Å². The third-order valence-electron chi connectivity index (χ3n) is 3.49. The van der Waals surface area contributed by atoms with Gasteiger partial charge in [0.1, 0.15) is 0 Å². The Morgan fingerprint density at radius 2 is 1.57 bits per heavy atom. The minimum atomic E-state index is -4.28. The van der Waals surface area contributed by atoms with Crippen molar-refractivity contribution in [3.8, 4) is 6.07 Å². The van der Waals surface area contributed by atoms with Crippen LogP contribution in [0, 0.1) is 11.3 Å². The number of benzene rings is 2. The fourth-order valence-corrected chi connectivity index (χ4v) is 2.37. The Bertz CT molecular complexity index is 682. The summed E-state index contributed by atoms with van der Waals surface area (Å²) in [5, 5.41) is 9.29. The van der Waals surface area contributed by atoms with E-state index in [4.69, 9.17) is 0 Å². The molecule has 23 heavy (non-hydrogen) atoms. The summed E-state index contributed by atoms with van der Waals surface area (Å²) in [6.45, 7) is 0. The predicted octanol–water partition coefficient (Wildman–Crippen LogP) is 5.72. The Kier molecular flexibility index (Phi) is 5.59. The number of nitrogens with zero attached hydrogens (tertiary/aromatic N) is 1. The molecule has 0 heterocycles. The van der Waals surface area contributed by atoms with E-state index in [0.717, 1.165) is 5.56 Å². The molecule has 0 radical (unpaired) electrons. The van der Waals surface area contributed by atoms with E-state index in [2.05, 4.69) is 6.07 Å². The van der Waals surface area contributed by atoms with Crippen LogP contribution in [0.15, 0.2) is 66.7 Å². The van der Waals surface area contributed by atoms with Gasteiger partial charge >= 0.3 is 6.18 Å². The molecule has 0 aliphatic heterocycles. The van der Waals surface area contributed by atoms with E-state index in [1.807, 2.05) is 30.3 Å². The van der Waals surface area contributed by atoms with Crippen LogP contribution in [0.3, 0.4) is 0 Å². The molecule has 0 aliphatic rings. The van der Waals surface area contributed by atoms with Crippen LogP contribution in [0.2, 0.25) is 0 Å². The lowest BCUT2D eigenvalue weighted by atomic mass is 9.93. The zero-order chi connectivity index (χ0) is 16.7. The second-order valence-corrected chi connectivity index (χ2v) is 5.22. The van der Waals surface area contributed by atoms with E-state index in [1.54, 1.807) is 30.3 Å². The fourth-order valence-electron chi connectivity index (χ4n) is 2.37. The first kappa shape index (κ1) is 16.8. The molecule has 4 heteroatoms. The Balaban J connectivity index is 2.25. The number of allylic oxidation sites excluding steroid dienone is 2. The van der Waals surface area contributed by atoms with Gasteiger partial charge in [-0.2, -0.15) is 18.4 Å². The first-order chi connectivity index (χ1) is 11.0. The van der Waals surface area contributed by atoms with Crippen LogP contribution in [0.25, 0.3) is 5.57 Å². The zero-order valence-corrected chi connectivity index (χ0v) is 12.4. The predicted molar refractivity (Wildman–Crippen MR) is 84.5 cm³/mol. The second-order valence-electron chi connectivity index (χ2n) is 5.22. The summed E-state index contributed by atoms with van der Waals surface area (Å²) in [6, 6.07) is 19.7. The number of nitriles is 1. The minimum Gasteiger partial charge on any atom is -0.198 e. The van der Waals surface area contributed by atoms with Crippen molar-refractivity contribution in [1.29, 1.82) is 5.26 Å². The number of rotatable bonds is 5. The molecular formula is C19H16F3N. The van der Waals surface area contributed by atoms with E-state index >= 15 is 0 Å². The van der Waals surface area contributed by atoms with Crippen molar-refractivity contribution in [2.45, 2.75) is 24.9 Å². The average molecular weight is 315 g/mol. The quantitative estimate of drug-likeness (QED) is 0.692. The normalized spacial score (nSPS) is 13.4. The van der Waals surface area contributed by atoms with Crippen molar-refractivity contribution < 1.29 is 13.2 Å². The van der Waals surface area contributed by atoms with Crippen LogP contribution in [0.5, 0.6) is 0 Å². The molecule has 2 aromatic rings. The molecule has 2 aromatic carbocycles. The highest BCUT2D eigenvalue weighted by Crippen LogP contribution is 2.32. The first-order valence-corrected chi connectivity index (χ1v) is 7.25. The molecule has 0 fully saturated rings. The molecular weight excluding hydrogens is 299 g/mol. The summed E-state index contributed by atoms with van der Waals surface area (Å²) in [5.74, 6) is -0.455. The molecule has 1 unspecified atom stereocenters. The lowest BCUT2D eigenvalue weighted by Gasteiger charge is -2.13. The van der Waals surface area contributed by atoms with Crippen LogP contribution in [-0.4, -0.2) is 6.18 Å². The average Bonchev–Trinajstić information content (AvgIpc) is 2.55. The minimum absolute atomic E-state index is 0.203. The fraction of sp³-hybridized carbons (Fsp3) is 0.211. The lowest BCUT2D eigenvalue weighted by molar-refractivity contribution is -0.123. The monoisotopic (exact) mass is 315 g/mol. The maximum absolute atomic E-state index is 12.8. The molecule has 0 aliphatic carbocycles. The van der Waals surface area contributed by atoms with Crippen molar-refractivity contribution in [1.82, 2.24) is 0 Å². The molecule has 1 atom stereocenters. The van der Waals surface area contributed by atoms with Crippen LogP contribution < -0.4 is 0 Å². The van der Waals surface area contributed by atoms with E-state index in [1.165, 1.54) is 6.08 Å². The highest BCUT2D eigenvalue weighted by Gasteiger charge is 2.29. The zero-order valence-electron chi connectivity index (χ0n) is 12.4. The third kappa shape index (κ3) is 5.30. The number of hydrogen-bond acceptors (Lipinski definition) is 1. The largest absolute Gasteiger partial charge is 0.393 e. The van der Waals surface area contributed by atoms with Gasteiger partial charge < -0.3 is 0 Å². The van der Waals surface area contributed by atoms with Gasteiger partial charge in [-0.1, -0.05) is 66.7 Å². The maximum atomic E-state index is 12.8. The maximum Gasteiger partial charge on any atom is 0.393 e. The van der Waals surface area contributed by atoms with Crippen molar-refractivity contribution in [3.63, 3.8) is 0 Å². The van der Waals surface area contributed by atoms with Crippen LogP contribution >= 0.6 is 0 Å². The van der Waals surface area contributed by atoms with Crippen LogP contribution in [-0.2, 0) is 0 Å². The first-order valence-electron chi connectivity index (χ1n) is 7.25. The second kappa shape index (κ2) is 7.64. The van der Waals surface area contributed by atoms with Gasteiger partial charge in [-0.3, -0.25) is 0 Å². The third-order valence-corrected chi connectivity index (χ3v) is 3.49. The highest BCUT2D eigenvalue weighted by molar-refractivity contribution is 5.66. The molecule has 0 bridgehead atoms. The van der Waals surface area contributed by atoms with E-state index in [9.17, 15) is 18.4 Å². The Labute approximate surface area is 133 Å². The smallest absolute Gasteiger partial charge is 0.198 e. The Morgan fingerprint density at radius 1 is 1.00 bits per heavy atom. The number of alkyl halides is 3. The van der Waals surface area contributed by atoms with Crippen LogP contribution in [0.1, 0.15) is 29.9 Å². The van der Waals surface area contributed by atoms with Crippen molar-refractivity contribution >= 4 is 5.57 Å². The molecule has 0 saturated heterocycles. The van der Waals surface area contributed by atoms with Gasteiger partial charge in [0.15, 0.2) is 0 Å². The van der Waals surface area contributed by atoms with Gasteiger partial charge in [0.2, 0.25) is 0 Å². The molecule has 0 saturated carbocycles. The van der Waals surface area contributed by atoms with Gasteiger partial charge in [0, 0.05) is 0 Å². The number of hydrogen-bond donors (Lipinski definition) is 0. The number of halogens is 3. The van der Waals surface area contributed by atoms with Gasteiger partial charge in [0.25, 0.3) is 0 Å². The Hall–Kier alpha value is -2.54. The van der Waals surface area contributed by atoms with Crippen LogP contribution in [0.4, 0.5) is 13.2 Å². The van der Waals surface area contributed by atoms with Crippen molar-refractivity contribution in [2.24, 2.45) is 0 Å². The van der Waals surface area contributed by atoms with E-state index in [-0.39, 0.29) is 12.0 Å². The standard InChI is InChI=1S/C19H16F3N/c20-19(21,22)13-17(15-7-3-1-4-8-15)11-12-18(14-23)16-9-5-2-6-10-16/h1-11,18H,12-13H2/b17-11+. The summed E-state index contributed by atoms with van der Waals surface area (Å²) in [7, 11) is 0. The SMILES string of the molecule is N#CC(C/C=C(\CC(F)(F)F)c1ccccc1)c1ccccc1. The molecule has 0 amide bonds. The van der Waals surface area contributed by atoms with E-state index in [0.29, 0.717) is 5.56 Å². The Morgan fingerprint density at radius 3 is 2.09 bits per heavy atom. The summed E-state index contributed by atoms with van der Waals surface area (Å²) in [6.07, 6.45) is -3.49. The molecule has 0 aromatic heterocycles. The molecule has 0 spiro atoms.